The molecule has 35 heavy (non-hydrogen) atoms. The summed E-state index contributed by atoms with van der Waals surface area (Å²) in [6.45, 7) is 1.17. The quantitative estimate of drug-likeness (QED) is 0.148. The van der Waals surface area contributed by atoms with E-state index in [0.717, 1.165) is 47.1 Å². The summed E-state index contributed by atoms with van der Waals surface area (Å²) < 4.78 is 0. The van der Waals surface area contributed by atoms with E-state index in [4.69, 9.17) is 0 Å². The normalized spacial score (nSPS) is 10.9. The number of nitrogens with one attached hydrogen (secondary N) is 2. The number of hydrogen-bond donors (Lipinski definition) is 2. The number of benzene rings is 1. The molecular formula is C23H28N5O4S3+. The van der Waals surface area contributed by atoms with E-state index in [1.54, 1.807) is 16.7 Å². The molecule has 3 aromatic rings. The molecule has 2 aromatic heterocycles. The van der Waals surface area contributed by atoms with Crippen molar-refractivity contribution in [2.45, 2.75) is 25.7 Å². The zero-order chi connectivity index (χ0) is 25.2. The van der Waals surface area contributed by atoms with Gasteiger partial charge in [0.2, 0.25) is 0 Å². The average Bonchev–Trinajstić information content (AvgIpc) is 3.51. The van der Waals surface area contributed by atoms with Crippen molar-refractivity contribution in [3.8, 4) is 10.7 Å². The molecule has 2 N–H and O–H groups in total. The second kappa shape index (κ2) is 13.3. The lowest BCUT2D eigenvalue weighted by atomic mass is 10.2. The van der Waals surface area contributed by atoms with Crippen LogP contribution in [0.2, 0.25) is 0 Å². The van der Waals surface area contributed by atoms with Crippen LogP contribution in [0.5, 0.6) is 0 Å². The van der Waals surface area contributed by atoms with Crippen LogP contribution < -0.4 is 10.6 Å². The minimum Gasteiger partial charge on any atom is -0.352 e. The summed E-state index contributed by atoms with van der Waals surface area (Å²) in [5.74, 6) is 0.710. The van der Waals surface area contributed by atoms with E-state index in [1.165, 1.54) is 35.6 Å². The maximum Gasteiger partial charge on any atom is 0.270 e. The fourth-order valence-corrected chi connectivity index (χ4v) is 5.49. The SMILES string of the molecule is C[S+](C)CCCNC(=O)c1csc(-c2csc(CCCCNC(=O)c3ccc([N+](=O)[O-])cc3)n2)n1. The Morgan fingerprint density at radius 2 is 1.69 bits per heavy atom. The fraction of sp³-hybridized carbons (Fsp3) is 0.391. The first-order chi connectivity index (χ1) is 16.8. The molecule has 0 radical (unpaired) electrons. The van der Waals surface area contributed by atoms with Crippen LogP contribution in [-0.4, -0.2) is 58.1 Å². The number of aromatic nitrogens is 2. The van der Waals surface area contributed by atoms with Crippen LogP contribution in [0.3, 0.4) is 0 Å². The lowest BCUT2D eigenvalue weighted by Crippen LogP contribution is -2.26. The van der Waals surface area contributed by atoms with Gasteiger partial charge < -0.3 is 10.6 Å². The van der Waals surface area contributed by atoms with Crippen LogP contribution in [-0.2, 0) is 17.3 Å². The maximum atomic E-state index is 12.3. The van der Waals surface area contributed by atoms with E-state index in [2.05, 4.69) is 33.1 Å². The van der Waals surface area contributed by atoms with Gasteiger partial charge in [-0.1, -0.05) is 0 Å². The molecule has 0 spiro atoms. The first-order valence-corrected chi connectivity index (χ1v) is 15.1. The highest BCUT2D eigenvalue weighted by Gasteiger charge is 2.14. The third-order valence-corrected chi connectivity index (χ3v) is 7.84. The molecule has 2 amide bonds. The molecule has 2 heterocycles. The van der Waals surface area contributed by atoms with Crippen LogP contribution in [0.4, 0.5) is 5.69 Å². The lowest BCUT2D eigenvalue weighted by Gasteiger charge is -2.04. The molecule has 0 unspecified atom stereocenters. The van der Waals surface area contributed by atoms with E-state index in [9.17, 15) is 19.7 Å². The molecule has 0 saturated heterocycles. The third kappa shape index (κ3) is 8.41. The number of carbonyl (C=O) groups is 2. The van der Waals surface area contributed by atoms with Gasteiger partial charge in [-0.05, 0) is 42.3 Å². The van der Waals surface area contributed by atoms with Gasteiger partial charge in [-0.3, -0.25) is 19.7 Å². The predicted molar refractivity (Wildman–Crippen MR) is 143 cm³/mol. The van der Waals surface area contributed by atoms with Gasteiger partial charge in [0.25, 0.3) is 17.5 Å². The summed E-state index contributed by atoms with van der Waals surface area (Å²) in [4.78, 5) is 43.7. The van der Waals surface area contributed by atoms with E-state index in [-0.39, 0.29) is 17.5 Å². The fourth-order valence-electron chi connectivity index (χ4n) is 3.11. The van der Waals surface area contributed by atoms with E-state index < -0.39 is 4.92 Å². The van der Waals surface area contributed by atoms with Crippen LogP contribution in [0.1, 0.15) is 45.1 Å². The number of hydrogen-bond acceptors (Lipinski definition) is 8. The molecule has 0 aliphatic rings. The summed E-state index contributed by atoms with van der Waals surface area (Å²) in [6, 6.07) is 5.54. The number of nitro benzene ring substituents is 1. The molecule has 0 aliphatic heterocycles. The number of rotatable bonds is 13. The van der Waals surface area contributed by atoms with Gasteiger partial charge in [0, 0.05) is 48.0 Å². The predicted octanol–water partition coefficient (Wildman–Crippen LogP) is 3.93. The average molecular weight is 535 g/mol. The third-order valence-electron chi connectivity index (χ3n) is 4.97. The number of unbranched alkanes of at least 4 members (excludes halogenated alkanes) is 1. The number of nitrogens with zero attached hydrogens (tertiary/aromatic N) is 3. The van der Waals surface area contributed by atoms with Gasteiger partial charge in [0.1, 0.15) is 22.1 Å². The molecule has 0 saturated carbocycles. The lowest BCUT2D eigenvalue weighted by molar-refractivity contribution is -0.384. The molecular weight excluding hydrogens is 506 g/mol. The van der Waals surface area contributed by atoms with Crippen LogP contribution in [0.25, 0.3) is 10.7 Å². The topological polar surface area (TPSA) is 127 Å². The minimum atomic E-state index is -0.494. The van der Waals surface area contributed by atoms with Crippen molar-refractivity contribution < 1.29 is 14.5 Å². The monoisotopic (exact) mass is 534 g/mol. The van der Waals surface area contributed by atoms with Crippen molar-refractivity contribution in [2.24, 2.45) is 0 Å². The first kappa shape index (κ1) is 26.8. The number of carbonyl (C=O) groups excluding carboxylic acids is 2. The number of nitro groups is 1. The minimum absolute atomic E-state index is 0.0426. The Morgan fingerprint density at radius 3 is 2.40 bits per heavy atom. The van der Waals surface area contributed by atoms with E-state index in [1.807, 2.05) is 5.38 Å². The second-order valence-corrected chi connectivity index (χ2v) is 12.2. The Balaban J connectivity index is 1.38. The summed E-state index contributed by atoms with van der Waals surface area (Å²) in [5, 5.41) is 21.9. The van der Waals surface area contributed by atoms with Crippen molar-refractivity contribution >= 4 is 51.1 Å². The molecule has 0 bridgehead atoms. The Morgan fingerprint density at radius 1 is 0.971 bits per heavy atom. The Bertz CT molecular complexity index is 1140. The highest BCUT2D eigenvalue weighted by molar-refractivity contribution is 7.95. The number of aryl methyl sites for hydroxylation is 1. The van der Waals surface area contributed by atoms with Crippen molar-refractivity contribution in [3.05, 3.63) is 61.4 Å². The smallest absolute Gasteiger partial charge is 0.270 e. The van der Waals surface area contributed by atoms with E-state index in [0.29, 0.717) is 35.2 Å². The van der Waals surface area contributed by atoms with Crippen molar-refractivity contribution in [3.63, 3.8) is 0 Å². The van der Waals surface area contributed by atoms with Crippen LogP contribution >= 0.6 is 22.7 Å². The van der Waals surface area contributed by atoms with Gasteiger partial charge in [-0.2, -0.15) is 0 Å². The standard InChI is InChI=1S/C23H27N5O4S3/c1-35(2)13-5-12-25-22(30)18-14-34-23(27-18)19-15-33-20(26-19)6-3-4-11-24-21(29)16-7-9-17(10-8-16)28(31)32/h7-10,14-15H,3-6,11-13H2,1-2H3,(H-,24,25,29,30)/p+1. The summed E-state index contributed by atoms with van der Waals surface area (Å²) in [6.07, 6.45) is 7.78. The Hall–Kier alpha value is -2.83. The highest BCUT2D eigenvalue weighted by atomic mass is 32.2. The largest absolute Gasteiger partial charge is 0.352 e. The Labute approximate surface area is 214 Å². The Kier molecular flexibility index (Phi) is 10.2. The molecule has 0 aliphatic carbocycles. The summed E-state index contributed by atoms with van der Waals surface area (Å²) in [7, 11) is 0.381. The van der Waals surface area contributed by atoms with Gasteiger partial charge in [-0.25, -0.2) is 9.97 Å². The van der Waals surface area contributed by atoms with Gasteiger partial charge >= 0.3 is 0 Å². The van der Waals surface area contributed by atoms with Crippen molar-refractivity contribution in [1.29, 1.82) is 0 Å². The van der Waals surface area contributed by atoms with Crippen molar-refractivity contribution in [2.75, 3.05) is 31.4 Å². The highest BCUT2D eigenvalue weighted by Crippen LogP contribution is 2.26. The molecule has 0 fully saturated rings. The summed E-state index contributed by atoms with van der Waals surface area (Å²) in [5.41, 5.74) is 1.56. The maximum absolute atomic E-state index is 12.3. The molecule has 12 heteroatoms. The molecule has 1 aromatic carbocycles. The second-order valence-electron chi connectivity index (χ2n) is 7.98. The number of amides is 2. The molecule has 186 valence electrons. The first-order valence-electron chi connectivity index (χ1n) is 11.1. The van der Waals surface area contributed by atoms with Crippen molar-refractivity contribution in [1.82, 2.24) is 20.6 Å². The van der Waals surface area contributed by atoms with Gasteiger partial charge in [0.15, 0.2) is 0 Å². The van der Waals surface area contributed by atoms with Gasteiger partial charge in [0.05, 0.1) is 22.4 Å². The number of non-ortho nitro benzene ring substituents is 1. The van der Waals surface area contributed by atoms with Gasteiger partial charge in [-0.15, -0.1) is 22.7 Å². The zero-order valence-electron chi connectivity index (χ0n) is 19.6. The van der Waals surface area contributed by atoms with Crippen LogP contribution in [0.15, 0.2) is 35.0 Å². The summed E-state index contributed by atoms with van der Waals surface area (Å²) >= 11 is 2.97. The number of thiazole rings is 2. The van der Waals surface area contributed by atoms with Crippen LogP contribution in [0, 0.1) is 10.1 Å². The molecule has 9 nitrogen and oxygen atoms in total. The zero-order valence-corrected chi connectivity index (χ0v) is 22.1. The molecule has 3 rings (SSSR count). The van der Waals surface area contributed by atoms with E-state index >= 15 is 0 Å². The molecule has 0 atom stereocenters.